The molecule has 0 unspecified atom stereocenters. The average Bonchev–Trinajstić information content (AvgIpc) is 2.67. The summed E-state index contributed by atoms with van der Waals surface area (Å²) in [6, 6.07) is 11.1. The molecule has 1 heterocycles. The number of benzene rings is 2. The minimum absolute atomic E-state index is 0.0631. The van der Waals surface area contributed by atoms with E-state index in [1.54, 1.807) is 12.1 Å². The van der Waals surface area contributed by atoms with Crippen molar-refractivity contribution >= 4 is 23.5 Å². The molecule has 4 nitrogen and oxygen atoms in total. The Kier molecular flexibility index (Phi) is 4.73. The van der Waals surface area contributed by atoms with Crippen molar-refractivity contribution in [2.75, 3.05) is 20.6 Å². The number of carbonyl (C=O) groups excluding carboxylic acids is 1. The fourth-order valence-electron chi connectivity index (χ4n) is 2.86. The molecule has 0 radical (unpaired) electrons. The molecule has 0 bridgehead atoms. The van der Waals surface area contributed by atoms with E-state index < -0.39 is 5.97 Å². The Bertz CT molecular complexity index is 814. The predicted octanol–water partition coefficient (Wildman–Crippen LogP) is 3.38. The molecule has 0 fully saturated rings. The first-order chi connectivity index (χ1) is 11.5. The highest BCUT2D eigenvalue weighted by atomic mass is 32.2. The molecular formula is C19H19NO3S. The van der Waals surface area contributed by atoms with Crippen LogP contribution in [0.3, 0.4) is 0 Å². The second-order valence-corrected chi connectivity index (χ2v) is 7.26. The Morgan fingerprint density at radius 1 is 1.21 bits per heavy atom. The summed E-state index contributed by atoms with van der Waals surface area (Å²) in [5, 5.41) is 9.42. The van der Waals surface area contributed by atoms with Crippen LogP contribution in [0.5, 0.6) is 0 Å². The molecule has 0 amide bonds. The molecule has 0 saturated carbocycles. The smallest absolute Gasteiger partial charge is 0.335 e. The quantitative estimate of drug-likeness (QED) is 0.924. The zero-order chi connectivity index (χ0) is 17.3. The van der Waals surface area contributed by atoms with E-state index in [0.717, 1.165) is 27.5 Å². The lowest BCUT2D eigenvalue weighted by Gasteiger charge is -2.15. The summed E-state index contributed by atoms with van der Waals surface area (Å²) in [5.41, 5.74) is 2.74. The van der Waals surface area contributed by atoms with Gasteiger partial charge in [-0.1, -0.05) is 30.0 Å². The van der Waals surface area contributed by atoms with Gasteiger partial charge in [0.05, 0.1) is 5.56 Å². The molecular weight excluding hydrogens is 322 g/mol. The lowest BCUT2D eigenvalue weighted by atomic mass is 9.95. The molecule has 1 aliphatic rings. The molecule has 2 aromatic rings. The fraction of sp³-hybridized carbons (Fsp3) is 0.263. The molecule has 1 N–H and O–H groups in total. The van der Waals surface area contributed by atoms with Crippen LogP contribution in [0.1, 0.15) is 31.8 Å². The number of carboxylic acids is 1. The van der Waals surface area contributed by atoms with E-state index >= 15 is 0 Å². The summed E-state index contributed by atoms with van der Waals surface area (Å²) in [7, 11) is 3.93. The fourth-order valence-corrected chi connectivity index (χ4v) is 4.05. The predicted molar refractivity (Wildman–Crippen MR) is 94.3 cm³/mol. The van der Waals surface area contributed by atoms with Crippen LogP contribution >= 0.6 is 11.8 Å². The van der Waals surface area contributed by atoms with E-state index in [-0.39, 0.29) is 11.3 Å². The van der Waals surface area contributed by atoms with Crippen LogP contribution < -0.4 is 0 Å². The first kappa shape index (κ1) is 16.7. The van der Waals surface area contributed by atoms with Gasteiger partial charge in [-0.2, -0.15) is 0 Å². The van der Waals surface area contributed by atoms with E-state index in [1.807, 2.05) is 43.3 Å². The molecule has 1 aliphatic heterocycles. The summed E-state index contributed by atoms with van der Waals surface area (Å²) >= 11 is 1.49. The Balaban J connectivity index is 2.13. The Morgan fingerprint density at radius 2 is 1.96 bits per heavy atom. The molecule has 124 valence electrons. The van der Waals surface area contributed by atoms with Gasteiger partial charge in [-0.05, 0) is 49.8 Å². The largest absolute Gasteiger partial charge is 0.478 e. The number of ketones is 1. The van der Waals surface area contributed by atoms with Crippen LogP contribution in [-0.2, 0) is 12.8 Å². The van der Waals surface area contributed by atoms with Gasteiger partial charge in [-0.15, -0.1) is 0 Å². The number of rotatable bonds is 4. The van der Waals surface area contributed by atoms with Crippen molar-refractivity contribution in [3.05, 3.63) is 58.7 Å². The van der Waals surface area contributed by atoms with E-state index in [0.29, 0.717) is 18.4 Å². The van der Waals surface area contributed by atoms with Crippen LogP contribution in [0.25, 0.3) is 0 Å². The maximum Gasteiger partial charge on any atom is 0.335 e. The first-order valence-corrected chi connectivity index (χ1v) is 8.61. The van der Waals surface area contributed by atoms with Gasteiger partial charge in [0, 0.05) is 28.3 Å². The first-order valence-electron chi connectivity index (χ1n) is 7.79. The molecule has 5 heteroatoms. The van der Waals surface area contributed by atoms with Gasteiger partial charge in [-0.25, -0.2) is 4.79 Å². The normalized spacial score (nSPS) is 13.4. The maximum atomic E-state index is 12.8. The number of nitrogens with zero attached hydrogens (tertiary/aromatic N) is 1. The van der Waals surface area contributed by atoms with Gasteiger partial charge in [0.2, 0.25) is 0 Å². The minimum Gasteiger partial charge on any atom is -0.478 e. The lowest BCUT2D eigenvalue weighted by Crippen LogP contribution is -2.18. The van der Waals surface area contributed by atoms with Crippen molar-refractivity contribution in [1.29, 1.82) is 0 Å². The number of carbonyl (C=O) groups is 2. The molecule has 2 aromatic carbocycles. The Hall–Kier alpha value is -2.11. The van der Waals surface area contributed by atoms with Crippen molar-refractivity contribution < 1.29 is 14.7 Å². The van der Waals surface area contributed by atoms with Gasteiger partial charge in [-0.3, -0.25) is 4.79 Å². The van der Waals surface area contributed by atoms with E-state index in [2.05, 4.69) is 0 Å². The molecule has 0 saturated heterocycles. The van der Waals surface area contributed by atoms with Crippen molar-refractivity contribution in [2.45, 2.75) is 22.6 Å². The molecule has 0 atom stereocenters. The molecule has 0 aliphatic carbocycles. The SMILES string of the molecule is CN(C)CCc1cc(C(=O)O)cc2c1C(=O)Cc1ccccc1S2. The second kappa shape index (κ2) is 6.79. The number of aromatic carboxylic acids is 1. The number of carboxylic acid groups (broad SMARTS) is 1. The molecule has 0 aromatic heterocycles. The highest BCUT2D eigenvalue weighted by molar-refractivity contribution is 7.99. The van der Waals surface area contributed by atoms with Crippen LogP contribution in [0, 0.1) is 0 Å². The lowest BCUT2D eigenvalue weighted by molar-refractivity contribution is 0.0695. The van der Waals surface area contributed by atoms with Gasteiger partial charge < -0.3 is 10.0 Å². The third-order valence-electron chi connectivity index (χ3n) is 4.08. The van der Waals surface area contributed by atoms with Crippen LogP contribution in [-0.4, -0.2) is 42.4 Å². The van der Waals surface area contributed by atoms with E-state index in [9.17, 15) is 14.7 Å². The molecule has 24 heavy (non-hydrogen) atoms. The number of hydrogen-bond donors (Lipinski definition) is 1. The monoisotopic (exact) mass is 341 g/mol. The van der Waals surface area contributed by atoms with Crippen molar-refractivity contribution in [1.82, 2.24) is 4.90 Å². The number of likely N-dealkylation sites (N-methyl/N-ethyl adjacent to an activating group) is 1. The van der Waals surface area contributed by atoms with Crippen LogP contribution in [0.15, 0.2) is 46.2 Å². The minimum atomic E-state index is -0.963. The average molecular weight is 341 g/mol. The third kappa shape index (κ3) is 3.37. The highest BCUT2D eigenvalue weighted by Crippen LogP contribution is 2.39. The zero-order valence-corrected chi connectivity index (χ0v) is 14.5. The second-order valence-electron chi connectivity index (χ2n) is 6.18. The Labute approximate surface area is 145 Å². The summed E-state index contributed by atoms with van der Waals surface area (Å²) in [5.74, 6) is -0.900. The number of hydrogen-bond acceptors (Lipinski definition) is 4. The highest BCUT2D eigenvalue weighted by Gasteiger charge is 2.25. The summed E-state index contributed by atoms with van der Waals surface area (Å²) in [4.78, 5) is 28.1. The number of fused-ring (bicyclic) bond motifs is 2. The third-order valence-corrected chi connectivity index (χ3v) is 5.24. The topological polar surface area (TPSA) is 57.6 Å². The van der Waals surface area contributed by atoms with Gasteiger partial charge >= 0.3 is 5.97 Å². The van der Waals surface area contributed by atoms with Crippen molar-refractivity contribution in [2.24, 2.45) is 0 Å². The standard InChI is InChI=1S/C19H19NO3S/c1-20(2)8-7-13-9-14(19(22)23)11-17-18(13)15(21)10-12-5-3-4-6-16(12)24-17/h3-6,9,11H,7-8,10H2,1-2H3,(H,22,23). The van der Waals surface area contributed by atoms with Crippen LogP contribution in [0.2, 0.25) is 0 Å². The molecule has 0 spiro atoms. The zero-order valence-electron chi connectivity index (χ0n) is 13.7. The maximum absolute atomic E-state index is 12.8. The summed E-state index contributed by atoms with van der Waals surface area (Å²) in [6.45, 7) is 0.764. The van der Waals surface area contributed by atoms with Gasteiger partial charge in [0.25, 0.3) is 0 Å². The van der Waals surface area contributed by atoms with Crippen molar-refractivity contribution in [3.63, 3.8) is 0 Å². The summed E-state index contributed by atoms with van der Waals surface area (Å²) < 4.78 is 0. The van der Waals surface area contributed by atoms with Crippen molar-refractivity contribution in [3.8, 4) is 0 Å². The van der Waals surface area contributed by atoms with E-state index in [1.165, 1.54) is 11.8 Å². The summed E-state index contributed by atoms with van der Waals surface area (Å²) in [6.07, 6.45) is 1.01. The Morgan fingerprint density at radius 3 is 2.67 bits per heavy atom. The van der Waals surface area contributed by atoms with Gasteiger partial charge in [0.1, 0.15) is 0 Å². The van der Waals surface area contributed by atoms with E-state index in [4.69, 9.17) is 0 Å². The van der Waals surface area contributed by atoms with Gasteiger partial charge in [0.15, 0.2) is 5.78 Å². The number of Topliss-reactive ketones (excluding diaryl/α,β-unsaturated/α-hetero) is 1. The molecule has 3 rings (SSSR count). The van der Waals surface area contributed by atoms with Crippen LogP contribution in [0.4, 0.5) is 0 Å².